The highest BCUT2D eigenvalue weighted by atomic mass is 16.1. The Morgan fingerprint density at radius 2 is 2.27 bits per heavy atom. The Morgan fingerprint density at radius 3 is 2.87 bits per heavy atom. The predicted octanol–water partition coefficient (Wildman–Crippen LogP) is -0.312. The Balaban J connectivity index is 2.00. The highest BCUT2D eigenvalue weighted by Gasteiger charge is 1.96. The maximum atomic E-state index is 10.5. The highest BCUT2D eigenvalue weighted by Crippen LogP contribution is 1.93. The van der Waals surface area contributed by atoms with E-state index >= 15 is 0 Å². The van der Waals surface area contributed by atoms with Crippen molar-refractivity contribution in [2.45, 2.75) is 13.3 Å². The number of rotatable bonds is 6. The summed E-state index contributed by atoms with van der Waals surface area (Å²) in [6, 6.07) is 2.01. The molecule has 1 aromatic rings. The average molecular weight is 210 g/mol. The Morgan fingerprint density at radius 1 is 1.47 bits per heavy atom. The molecule has 0 saturated heterocycles. The number of carbonyl (C=O) groups excluding carboxylic acids is 1. The molecule has 1 rings (SSSR count). The minimum absolute atomic E-state index is 0.0153. The molecule has 0 spiro atoms. The predicted molar refractivity (Wildman–Crippen MR) is 58.5 cm³/mol. The number of aryl methyl sites for hydroxylation is 1. The van der Waals surface area contributed by atoms with Crippen LogP contribution in [0.4, 0.5) is 0 Å². The third kappa shape index (κ3) is 5.17. The van der Waals surface area contributed by atoms with Gasteiger partial charge in [0.1, 0.15) is 0 Å². The molecule has 2 N–H and O–H groups in total. The summed E-state index contributed by atoms with van der Waals surface area (Å²) in [7, 11) is 1.91. The van der Waals surface area contributed by atoms with E-state index in [1.165, 1.54) is 6.92 Å². The number of hydrogen-bond acceptors (Lipinski definition) is 3. The van der Waals surface area contributed by atoms with Gasteiger partial charge in [0.15, 0.2) is 0 Å². The summed E-state index contributed by atoms with van der Waals surface area (Å²) in [5.41, 5.74) is 1.09. The Kier molecular flexibility index (Phi) is 4.83. The molecule has 0 bridgehead atoms. The summed E-state index contributed by atoms with van der Waals surface area (Å²) in [6.45, 7) is 3.88. The Hall–Kier alpha value is -1.36. The summed E-state index contributed by atoms with van der Waals surface area (Å²) in [5.74, 6) is 0.0153. The number of amides is 1. The normalized spacial score (nSPS) is 10.3. The van der Waals surface area contributed by atoms with Crippen molar-refractivity contribution in [2.75, 3.05) is 19.6 Å². The molecule has 0 atom stereocenters. The SMILES string of the molecule is CC(=O)NCCNCCc1ccn(C)n1. The molecular formula is C10H18N4O. The van der Waals surface area contributed by atoms with Crippen LogP contribution in [0.3, 0.4) is 0 Å². The van der Waals surface area contributed by atoms with Crippen LogP contribution in [0.5, 0.6) is 0 Å². The lowest BCUT2D eigenvalue weighted by Gasteiger charge is -2.03. The van der Waals surface area contributed by atoms with Crippen LogP contribution in [-0.2, 0) is 18.3 Å². The van der Waals surface area contributed by atoms with Crippen molar-refractivity contribution in [3.8, 4) is 0 Å². The summed E-state index contributed by atoms with van der Waals surface area (Å²) in [6.07, 6.45) is 2.85. The molecule has 15 heavy (non-hydrogen) atoms. The lowest BCUT2D eigenvalue weighted by atomic mass is 10.3. The maximum Gasteiger partial charge on any atom is 0.216 e. The first-order chi connectivity index (χ1) is 7.18. The van der Waals surface area contributed by atoms with E-state index in [1.807, 2.05) is 19.3 Å². The summed E-state index contributed by atoms with van der Waals surface area (Å²) in [5, 5.41) is 10.2. The fourth-order valence-electron chi connectivity index (χ4n) is 1.26. The van der Waals surface area contributed by atoms with Crippen molar-refractivity contribution < 1.29 is 4.79 Å². The van der Waals surface area contributed by atoms with Gasteiger partial charge < -0.3 is 10.6 Å². The lowest BCUT2D eigenvalue weighted by Crippen LogP contribution is -2.31. The van der Waals surface area contributed by atoms with Crippen molar-refractivity contribution >= 4 is 5.91 Å². The molecule has 1 amide bonds. The molecule has 0 fully saturated rings. The second-order valence-electron chi connectivity index (χ2n) is 3.46. The zero-order valence-corrected chi connectivity index (χ0v) is 9.29. The van der Waals surface area contributed by atoms with E-state index in [-0.39, 0.29) is 5.91 Å². The molecular weight excluding hydrogens is 192 g/mol. The molecule has 84 valence electrons. The second kappa shape index (κ2) is 6.19. The molecule has 0 unspecified atom stereocenters. The fourth-order valence-corrected chi connectivity index (χ4v) is 1.26. The van der Waals surface area contributed by atoms with Crippen LogP contribution in [-0.4, -0.2) is 35.3 Å². The van der Waals surface area contributed by atoms with Crippen LogP contribution in [0.25, 0.3) is 0 Å². The fraction of sp³-hybridized carbons (Fsp3) is 0.600. The van der Waals surface area contributed by atoms with E-state index in [0.717, 1.165) is 25.2 Å². The van der Waals surface area contributed by atoms with Crippen molar-refractivity contribution in [1.82, 2.24) is 20.4 Å². The molecule has 0 saturated carbocycles. The minimum Gasteiger partial charge on any atom is -0.355 e. The molecule has 0 aliphatic heterocycles. The van der Waals surface area contributed by atoms with E-state index in [1.54, 1.807) is 4.68 Å². The molecule has 1 aromatic heterocycles. The molecule has 1 heterocycles. The standard InChI is InChI=1S/C10H18N4O/c1-9(15)12-7-6-11-5-3-10-4-8-14(2)13-10/h4,8,11H,3,5-7H2,1-2H3,(H,12,15). The zero-order valence-electron chi connectivity index (χ0n) is 9.29. The van der Waals surface area contributed by atoms with E-state index in [4.69, 9.17) is 0 Å². The molecule has 5 heteroatoms. The topological polar surface area (TPSA) is 59.0 Å². The van der Waals surface area contributed by atoms with Crippen LogP contribution < -0.4 is 10.6 Å². The first kappa shape index (κ1) is 11.7. The van der Waals surface area contributed by atoms with E-state index in [0.29, 0.717) is 6.54 Å². The Labute approximate surface area is 89.9 Å². The van der Waals surface area contributed by atoms with Crippen molar-refractivity contribution in [3.05, 3.63) is 18.0 Å². The first-order valence-electron chi connectivity index (χ1n) is 5.12. The lowest BCUT2D eigenvalue weighted by molar-refractivity contribution is -0.118. The van der Waals surface area contributed by atoms with Gasteiger partial charge in [0.05, 0.1) is 5.69 Å². The first-order valence-corrected chi connectivity index (χ1v) is 5.12. The van der Waals surface area contributed by atoms with Crippen LogP contribution >= 0.6 is 0 Å². The zero-order chi connectivity index (χ0) is 11.1. The summed E-state index contributed by atoms with van der Waals surface area (Å²) in [4.78, 5) is 10.5. The highest BCUT2D eigenvalue weighted by molar-refractivity contribution is 5.72. The summed E-state index contributed by atoms with van der Waals surface area (Å²) >= 11 is 0. The largest absolute Gasteiger partial charge is 0.355 e. The maximum absolute atomic E-state index is 10.5. The third-order valence-electron chi connectivity index (χ3n) is 2.00. The quantitative estimate of drug-likeness (QED) is 0.633. The van der Waals surface area contributed by atoms with Crippen LogP contribution in [0.2, 0.25) is 0 Å². The number of nitrogens with one attached hydrogen (secondary N) is 2. The van der Waals surface area contributed by atoms with Gasteiger partial charge in [0.2, 0.25) is 5.91 Å². The van der Waals surface area contributed by atoms with Crippen LogP contribution in [0, 0.1) is 0 Å². The second-order valence-corrected chi connectivity index (χ2v) is 3.46. The van der Waals surface area contributed by atoms with Gasteiger partial charge >= 0.3 is 0 Å². The van der Waals surface area contributed by atoms with Crippen molar-refractivity contribution in [2.24, 2.45) is 7.05 Å². The molecule has 0 aliphatic carbocycles. The van der Waals surface area contributed by atoms with Crippen molar-refractivity contribution in [1.29, 1.82) is 0 Å². The van der Waals surface area contributed by atoms with Gasteiger partial charge in [-0.05, 0) is 6.07 Å². The van der Waals surface area contributed by atoms with Gasteiger partial charge in [0.25, 0.3) is 0 Å². The van der Waals surface area contributed by atoms with Gasteiger partial charge in [-0.25, -0.2) is 0 Å². The summed E-state index contributed by atoms with van der Waals surface area (Å²) < 4.78 is 1.80. The van der Waals surface area contributed by atoms with E-state index in [9.17, 15) is 4.79 Å². The number of hydrogen-bond donors (Lipinski definition) is 2. The minimum atomic E-state index is 0.0153. The third-order valence-corrected chi connectivity index (χ3v) is 2.00. The van der Waals surface area contributed by atoms with Gasteiger partial charge in [-0.15, -0.1) is 0 Å². The van der Waals surface area contributed by atoms with E-state index in [2.05, 4.69) is 15.7 Å². The molecule has 0 aliphatic rings. The van der Waals surface area contributed by atoms with Gasteiger partial charge in [-0.1, -0.05) is 0 Å². The molecule has 5 nitrogen and oxygen atoms in total. The van der Waals surface area contributed by atoms with Gasteiger partial charge in [0, 0.05) is 46.2 Å². The van der Waals surface area contributed by atoms with Gasteiger partial charge in [-0.2, -0.15) is 5.10 Å². The van der Waals surface area contributed by atoms with Crippen LogP contribution in [0.1, 0.15) is 12.6 Å². The van der Waals surface area contributed by atoms with Crippen LogP contribution in [0.15, 0.2) is 12.3 Å². The number of aromatic nitrogens is 2. The molecule has 0 radical (unpaired) electrons. The van der Waals surface area contributed by atoms with E-state index < -0.39 is 0 Å². The number of nitrogens with zero attached hydrogens (tertiary/aromatic N) is 2. The monoisotopic (exact) mass is 210 g/mol. The van der Waals surface area contributed by atoms with Gasteiger partial charge in [-0.3, -0.25) is 9.48 Å². The smallest absolute Gasteiger partial charge is 0.216 e. The average Bonchev–Trinajstić information content (AvgIpc) is 2.57. The number of carbonyl (C=O) groups is 1. The molecule has 0 aromatic carbocycles. The Bertz CT molecular complexity index is 308. The van der Waals surface area contributed by atoms with Crippen molar-refractivity contribution in [3.63, 3.8) is 0 Å².